The summed E-state index contributed by atoms with van der Waals surface area (Å²) in [7, 11) is 0. The van der Waals surface area contributed by atoms with Crippen molar-refractivity contribution in [2.45, 2.75) is 6.92 Å². The Hall–Kier alpha value is -3.34. The average Bonchev–Trinajstić information content (AvgIpc) is 3.05. The van der Waals surface area contributed by atoms with Crippen LogP contribution in [0.2, 0.25) is 0 Å². The van der Waals surface area contributed by atoms with Gasteiger partial charge >= 0.3 is 5.97 Å². The van der Waals surface area contributed by atoms with Crippen LogP contribution in [0.3, 0.4) is 0 Å². The van der Waals surface area contributed by atoms with Crippen LogP contribution in [0.15, 0.2) is 70.2 Å². The molecule has 1 aromatic heterocycles. The Kier molecular flexibility index (Phi) is 4.43. The van der Waals surface area contributed by atoms with Crippen LogP contribution in [0.5, 0.6) is 0 Å². The first-order valence-electron chi connectivity index (χ1n) is 7.42. The summed E-state index contributed by atoms with van der Waals surface area (Å²) in [5, 5.41) is 13.4. The van der Waals surface area contributed by atoms with Gasteiger partial charge < -0.3 is 9.52 Å². The van der Waals surface area contributed by atoms with Gasteiger partial charge in [-0.05, 0) is 37.3 Å². The van der Waals surface area contributed by atoms with Crippen LogP contribution in [-0.4, -0.2) is 17.3 Å². The molecule has 0 atom stereocenters. The molecule has 0 aliphatic heterocycles. The number of hydrogen-bond acceptors (Lipinski definition) is 4. The third-order valence-electron chi connectivity index (χ3n) is 3.49. The van der Waals surface area contributed by atoms with Crippen molar-refractivity contribution in [2.24, 2.45) is 5.10 Å². The zero-order valence-electron chi connectivity index (χ0n) is 13.1. The Bertz CT molecular complexity index is 880. The number of hydrogen-bond donors (Lipinski definition) is 2. The molecule has 3 rings (SSSR count). The number of carboxylic acids is 1. The highest BCUT2D eigenvalue weighted by molar-refractivity contribution is 5.95. The van der Waals surface area contributed by atoms with Gasteiger partial charge in [-0.1, -0.05) is 35.9 Å². The highest BCUT2D eigenvalue weighted by atomic mass is 16.4. The maximum absolute atomic E-state index is 11.3. The average molecular weight is 320 g/mol. The van der Waals surface area contributed by atoms with E-state index in [1.54, 1.807) is 42.6 Å². The Labute approximate surface area is 139 Å². The molecule has 3 aromatic rings. The number of nitrogens with zero attached hydrogens (tertiary/aromatic N) is 1. The highest BCUT2D eigenvalue weighted by Gasteiger charge is 2.13. The van der Waals surface area contributed by atoms with Crippen molar-refractivity contribution in [3.8, 4) is 11.3 Å². The first-order chi connectivity index (χ1) is 11.6. The van der Waals surface area contributed by atoms with Crippen molar-refractivity contribution in [1.82, 2.24) is 0 Å². The molecule has 5 nitrogen and oxygen atoms in total. The van der Waals surface area contributed by atoms with E-state index in [2.05, 4.69) is 10.5 Å². The summed E-state index contributed by atoms with van der Waals surface area (Å²) in [6, 6.07) is 18.1. The predicted molar refractivity (Wildman–Crippen MR) is 93.5 cm³/mol. The number of rotatable bonds is 5. The van der Waals surface area contributed by atoms with E-state index < -0.39 is 5.97 Å². The van der Waals surface area contributed by atoms with Gasteiger partial charge in [-0.3, -0.25) is 5.43 Å². The van der Waals surface area contributed by atoms with Crippen molar-refractivity contribution >= 4 is 17.9 Å². The van der Waals surface area contributed by atoms with E-state index in [1.807, 2.05) is 31.2 Å². The van der Waals surface area contributed by atoms with Gasteiger partial charge in [0.05, 0.1) is 17.5 Å². The Morgan fingerprint density at radius 2 is 1.83 bits per heavy atom. The number of hydrazone groups is 1. The van der Waals surface area contributed by atoms with Gasteiger partial charge in [0.1, 0.15) is 11.5 Å². The molecule has 2 aromatic carbocycles. The summed E-state index contributed by atoms with van der Waals surface area (Å²) in [6.45, 7) is 2.02. The fraction of sp³-hybridized carbons (Fsp3) is 0.0526. The normalized spacial score (nSPS) is 10.9. The minimum Gasteiger partial charge on any atom is -0.478 e. The lowest BCUT2D eigenvalue weighted by molar-refractivity contribution is 0.0697. The van der Waals surface area contributed by atoms with Gasteiger partial charge in [0.15, 0.2) is 0 Å². The van der Waals surface area contributed by atoms with Crippen molar-refractivity contribution in [1.29, 1.82) is 0 Å². The van der Waals surface area contributed by atoms with Crippen LogP contribution in [0.4, 0.5) is 5.69 Å². The van der Waals surface area contributed by atoms with E-state index in [-0.39, 0.29) is 5.56 Å². The van der Waals surface area contributed by atoms with E-state index >= 15 is 0 Å². The quantitative estimate of drug-likeness (QED) is 0.540. The minimum atomic E-state index is -0.988. The molecule has 0 bridgehead atoms. The number of furan rings is 1. The van der Waals surface area contributed by atoms with Gasteiger partial charge in [-0.15, -0.1) is 0 Å². The van der Waals surface area contributed by atoms with E-state index in [9.17, 15) is 9.90 Å². The standard InChI is InChI=1S/C19H16N2O3/c1-13-6-8-14(9-7-13)21-20-12-15-10-11-18(24-15)16-4-2-3-5-17(16)19(22)23/h2-12,21H,1H3,(H,22,23). The van der Waals surface area contributed by atoms with Crippen LogP contribution in [0, 0.1) is 6.92 Å². The van der Waals surface area contributed by atoms with E-state index in [0.717, 1.165) is 5.69 Å². The Morgan fingerprint density at radius 1 is 1.08 bits per heavy atom. The fourth-order valence-electron chi connectivity index (χ4n) is 2.25. The summed E-state index contributed by atoms with van der Waals surface area (Å²) in [4.78, 5) is 11.3. The van der Waals surface area contributed by atoms with Crippen LogP contribution in [0.25, 0.3) is 11.3 Å². The summed E-state index contributed by atoms with van der Waals surface area (Å²) in [5.41, 5.74) is 5.71. The van der Waals surface area contributed by atoms with Crippen molar-refractivity contribution in [3.63, 3.8) is 0 Å². The third kappa shape index (κ3) is 3.52. The lowest BCUT2D eigenvalue weighted by atomic mass is 10.1. The minimum absolute atomic E-state index is 0.202. The Balaban J connectivity index is 1.75. The zero-order chi connectivity index (χ0) is 16.9. The van der Waals surface area contributed by atoms with Crippen LogP contribution < -0.4 is 5.43 Å². The molecule has 0 amide bonds. The van der Waals surface area contributed by atoms with Crippen molar-refractivity contribution in [2.75, 3.05) is 5.43 Å². The maximum atomic E-state index is 11.3. The molecule has 0 aliphatic rings. The van der Waals surface area contributed by atoms with Crippen molar-refractivity contribution in [3.05, 3.63) is 77.6 Å². The summed E-state index contributed by atoms with van der Waals surface area (Å²) >= 11 is 0. The number of carboxylic acid groups (broad SMARTS) is 1. The van der Waals surface area contributed by atoms with Crippen LogP contribution in [-0.2, 0) is 0 Å². The molecule has 0 unspecified atom stereocenters. The van der Waals surface area contributed by atoms with Gasteiger partial charge in [-0.2, -0.15) is 5.10 Å². The van der Waals surface area contributed by atoms with Crippen LogP contribution >= 0.6 is 0 Å². The molecule has 24 heavy (non-hydrogen) atoms. The van der Waals surface area contributed by atoms with E-state index in [1.165, 1.54) is 5.56 Å². The van der Waals surface area contributed by atoms with Crippen LogP contribution in [0.1, 0.15) is 21.7 Å². The predicted octanol–water partition coefficient (Wildman–Crippen LogP) is 4.40. The topological polar surface area (TPSA) is 74.8 Å². The highest BCUT2D eigenvalue weighted by Crippen LogP contribution is 2.25. The smallest absolute Gasteiger partial charge is 0.336 e. The number of aromatic carboxylic acids is 1. The van der Waals surface area contributed by atoms with E-state index in [4.69, 9.17) is 4.42 Å². The fourth-order valence-corrected chi connectivity index (χ4v) is 2.25. The Morgan fingerprint density at radius 3 is 2.58 bits per heavy atom. The van der Waals surface area contributed by atoms with Gasteiger partial charge in [0.25, 0.3) is 0 Å². The van der Waals surface area contributed by atoms with Gasteiger partial charge in [0.2, 0.25) is 0 Å². The second-order valence-electron chi connectivity index (χ2n) is 5.29. The molecular formula is C19H16N2O3. The second kappa shape index (κ2) is 6.83. The largest absolute Gasteiger partial charge is 0.478 e. The lowest BCUT2D eigenvalue weighted by Gasteiger charge is -2.02. The molecule has 0 spiro atoms. The maximum Gasteiger partial charge on any atom is 0.336 e. The van der Waals surface area contributed by atoms with Gasteiger partial charge in [-0.25, -0.2) is 4.79 Å². The van der Waals surface area contributed by atoms with E-state index in [0.29, 0.717) is 17.1 Å². The SMILES string of the molecule is Cc1ccc(NN=Cc2ccc(-c3ccccc3C(=O)O)o2)cc1. The number of anilines is 1. The lowest BCUT2D eigenvalue weighted by Crippen LogP contribution is -1.98. The molecule has 1 heterocycles. The molecule has 0 saturated carbocycles. The number of benzene rings is 2. The molecule has 0 radical (unpaired) electrons. The third-order valence-corrected chi connectivity index (χ3v) is 3.49. The number of carbonyl (C=O) groups is 1. The monoisotopic (exact) mass is 320 g/mol. The molecule has 5 heteroatoms. The summed E-state index contributed by atoms with van der Waals surface area (Å²) < 4.78 is 5.66. The summed E-state index contributed by atoms with van der Waals surface area (Å²) in [5.74, 6) is 0.0350. The van der Waals surface area contributed by atoms with Crippen molar-refractivity contribution < 1.29 is 14.3 Å². The van der Waals surface area contributed by atoms with Gasteiger partial charge in [0, 0.05) is 5.56 Å². The number of nitrogens with one attached hydrogen (secondary N) is 1. The zero-order valence-corrected chi connectivity index (χ0v) is 13.1. The molecular weight excluding hydrogens is 304 g/mol. The number of aryl methyl sites for hydroxylation is 1. The first-order valence-corrected chi connectivity index (χ1v) is 7.42. The molecule has 2 N–H and O–H groups in total. The molecule has 0 saturated heterocycles. The second-order valence-corrected chi connectivity index (χ2v) is 5.29. The first kappa shape index (κ1) is 15.6. The molecule has 0 aliphatic carbocycles. The molecule has 0 fully saturated rings. The summed E-state index contributed by atoms with van der Waals surface area (Å²) in [6.07, 6.45) is 1.55. The molecule has 120 valence electrons.